The summed E-state index contributed by atoms with van der Waals surface area (Å²) in [5, 5.41) is 2.51. The van der Waals surface area contributed by atoms with Gasteiger partial charge in [-0.15, -0.1) is 0 Å². The van der Waals surface area contributed by atoms with Gasteiger partial charge in [-0.1, -0.05) is 150 Å². The maximum atomic E-state index is 13.2. The van der Waals surface area contributed by atoms with Gasteiger partial charge in [0.15, 0.2) is 5.79 Å². The first kappa shape index (κ1) is 41.7. The van der Waals surface area contributed by atoms with E-state index >= 15 is 0 Å². The van der Waals surface area contributed by atoms with Gasteiger partial charge in [0.25, 0.3) is 8.32 Å². The molecule has 0 N–H and O–H groups in total. The third-order valence-corrected chi connectivity index (χ3v) is 16.8. The predicted octanol–water partition coefficient (Wildman–Crippen LogP) is 10.3. The smallest absolute Gasteiger partial charge is 0.338 e. The number of hydrogen-bond donors (Lipinski definition) is 0. The van der Waals surface area contributed by atoms with Crippen molar-refractivity contribution >= 4 is 38.8 Å². The van der Waals surface area contributed by atoms with Crippen molar-refractivity contribution < 1.29 is 23.4 Å². The summed E-state index contributed by atoms with van der Waals surface area (Å²) in [4.78, 5) is 13.2. The van der Waals surface area contributed by atoms with Gasteiger partial charge in [-0.3, -0.25) is 0 Å². The van der Waals surface area contributed by atoms with Gasteiger partial charge in [0.2, 0.25) is 0 Å². The summed E-state index contributed by atoms with van der Waals surface area (Å²) in [6.45, 7) is 26.7. The molecule has 0 aliphatic carbocycles. The molecule has 1 saturated heterocycles. The van der Waals surface area contributed by atoms with Crippen LogP contribution in [-0.2, 0) is 18.6 Å². The Morgan fingerprint density at radius 1 is 0.904 bits per heavy atom. The second kappa shape index (κ2) is 17.4. The summed E-state index contributed by atoms with van der Waals surface area (Å²) in [5.41, 5.74) is 3.57. The molecule has 1 heterocycles. The van der Waals surface area contributed by atoms with Crippen LogP contribution in [0, 0.1) is 19.8 Å². The van der Waals surface area contributed by atoms with Crippen LogP contribution in [0.25, 0.3) is 6.08 Å². The zero-order valence-corrected chi connectivity index (χ0v) is 35.9. The highest BCUT2D eigenvalue weighted by atomic mass is 28.4. The van der Waals surface area contributed by atoms with E-state index in [0.29, 0.717) is 18.6 Å². The Morgan fingerprint density at radius 3 is 2.06 bits per heavy atom. The molecular formula is C45H64O5Si2. The second-order valence-electron chi connectivity index (χ2n) is 17.4. The first-order valence-electron chi connectivity index (χ1n) is 19.1. The normalized spacial score (nSPS) is 19.3. The maximum Gasteiger partial charge on any atom is 0.338 e. The number of carbonyl (C=O) groups is 1. The minimum Gasteiger partial charge on any atom is -0.462 e. The lowest BCUT2D eigenvalue weighted by atomic mass is 9.95. The molecule has 0 bridgehead atoms. The van der Waals surface area contributed by atoms with E-state index in [1.54, 1.807) is 0 Å². The number of carbonyl (C=O) groups excluding carboxylic acids is 1. The van der Waals surface area contributed by atoms with Gasteiger partial charge in [-0.05, 0) is 80.0 Å². The average molecular weight is 741 g/mol. The Morgan fingerprint density at radius 2 is 1.50 bits per heavy atom. The number of hydrogen-bond acceptors (Lipinski definition) is 5. The molecule has 4 atom stereocenters. The highest BCUT2D eigenvalue weighted by Crippen LogP contribution is 2.38. The lowest BCUT2D eigenvalue weighted by Gasteiger charge is -2.44. The Bertz CT molecular complexity index is 1630. The topological polar surface area (TPSA) is 54.0 Å². The molecule has 0 radical (unpaired) electrons. The maximum absolute atomic E-state index is 13.2. The molecule has 1 fully saturated rings. The Balaban J connectivity index is 1.47. The number of benzene rings is 3. The van der Waals surface area contributed by atoms with Crippen molar-refractivity contribution in [1.82, 2.24) is 0 Å². The van der Waals surface area contributed by atoms with Gasteiger partial charge in [-0.2, -0.15) is 0 Å². The van der Waals surface area contributed by atoms with E-state index in [0.717, 1.165) is 29.2 Å². The molecule has 0 spiro atoms. The highest BCUT2D eigenvalue weighted by molar-refractivity contribution is 6.99. The Hall–Kier alpha value is -3.08. The lowest BCUT2D eigenvalue weighted by Crippen LogP contribution is -2.67. The van der Waals surface area contributed by atoms with Gasteiger partial charge >= 0.3 is 5.97 Å². The van der Waals surface area contributed by atoms with Crippen molar-refractivity contribution in [2.45, 2.75) is 130 Å². The number of esters is 1. The van der Waals surface area contributed by atoms with Crippen molar-refractivity contribution in [2.24, 2.45) is 5.92 Å². The van der Waals surface area contributed by atoms with E-state index in [4.69, 9.17) is 18.6 Å². The van der Waals surface area contributed by atoms with E-state index < -0.39 is 22.2 Å². The van der Waals surface area contributed by atoms with Crippen molar-refractivity contribution in [2.75, 3.05) is 6.61 Å². The Labute approximate surface area is 317 Å². The van der Waals surface area contributed by atoms with Gasteiger partial charge in [0.05, 0.1) is 24.4 Å². The van der Waals surface area contributed by atoms with E-state index in [2.05, 4.69) is 146 Å². The fourth-order valence-electron chi connectivity index (χ4n) is 7.39. The standard InChI is InChI=1S/C45H64O5Si2/c1-33-31-35(3)41(43(46)47-29-30-51(10,11)12)37(32-33)23-20-28-40-42(49-45(8,9)48-40)34(2)21-19-22-36(4)50-52(44(5,6)7,38-24-15-13-16-25-38)39-26-17-14-18-27-39/h13-21,23-27,31-32,34,36,40,42H,22,28-30H2,1-12H3/b21-19-,23-20+/t34?,36-,40-,42+/m0/s1. The molecule has 3 aromatic carbocycles. The fourth-order valence-corrected chi connectivity index (χ4v) is 12.8. The van der Waals surface area contributed by atoms with Crippen LogP contribution in [0.1, 0.15) is 88.4 Å². The Kier molecular flexibility index (Phi) is 13.9. The molecular weight excluding hydrogens is 677 g/mol. The largest absolute Gasteiger partial charge is 0.462 e. The number of ether oxygens (including phenoxy) is 3. The molecule has 1 unspecified atom stereocenters. The summed E-state index contributed by atoms with van der Waals surface area (Å²) in [7, 11) is -3.94. The van der Waals surface area contributed by atoms with Crippen LogP contribution in [0.2, 0.25) is 30.7 Å². The van der Waals surface area contributed by atoms with Crippen molar-refractivity contribution in [1.29, 1.82) is 0 Å². The summed E-state index contributed by atoms with van der Waals surface area (Å²) >= 11 is 0. The lowest BCUT2D eigenvalue weighted by molar-refractivity contribution is -0.148. The van der Waals surface area contributed by atoms with E-state index in [1.165, 1.54) is 10.4 Å². The number of aryl methyl sites for hydroxylation is 2. The molecule has 1 aliphatic heterocycles. The minimum atomic E-state index is -2.63. The van der Waals surface area contributed by atoms with Crippen LogP contribution in [0.4, 0.5) is 0 Å². The highest BCUT2D eigenvalue weighted by Gasteiger charge is 2.51. The van der Waals surface area contributed by atoms with Crippen LogP contribution in [0.15, 0.2) is 91.0 Å². The molecule has 5 nitrogen and oxygen atoms in total. The van der Waals surface area contributed by atoms with Crippen molar-refractivity contribution in [3.63, 3.8) is 0 Å². The van der Waals surface area contributed by atoms with Gasteiger partial charge in [0, 0.05) is 20.1 Å². The molecule has 0 aromatic heterocycles. The summed E-state index contributed by atoms with van der Waals surface area (Å²) in [6.07, 6.45) is 9.90. The van der Waals surface area contributed by atoms with E-state index in [-0.39, 0.29) is 35.2 Å². The average Bonchev–Trinajstić information content (AvgIpc) is 3.36. The summed E-state index contributed by atoms with van der Waals surface area (Å²) < 4.78 is 26.0. The van der Waals surface area contributed by atoms with Crippen molar-refractivity contribution in [3.05, 3.63) is 113 Å². The van der Waals surface area contributed by atoms with Crippen LogP contribution >= 0.6 is 0 Å². The first-order valence-corrected chi connectivity index (χ1v) is 24.7. The van der Waals surface area contributed by atoms with Crippen LogP contribution in [-0.4, -0.2) is 53.1 Å². The fraction of sp³-hybridized carbons (Fsp3) is 0.489. The molecule has 282 valence electrons. The molecule has 3 aromatic rings. The molecule has 0 saturated carbocycles. The molecule has 4 rings (SSSR count). The summed E-state index contributed by atoms with van der Waals surface area (Å²) in [6, 6.07) is 26.7. The van der Waals surface area contributed by atoms with Crippen LogP contribution in [0.3, 0.4) is 0 Å². The second-order valence-corrected chi connectivity index (χ2v) is 27.3. The van der Waals surface area contributed by atoms with Gasteiger partial charge in [-0.25, -0.2) is 4.79 Å². The summed E-state index contributed by atoms with van der Waals surface area (Å²) in [5.74, 6) is -0.809. The molecule has 1 aliphatic rings. The van der Waals surface area contributed by atoms with Crippen molar-refractivity contribution in [3.8, 4) is 0 Å². The molecule has 52 heavy (non-hydrogen) atoms. The zero-order chi connectivity index (χ0) is 38.3. The monoisotopic (exact) mass is 740 g/mol. The van der Waals surface area contributed by atoms with Gasteiger partial charge < -0.3 is 18.6 Å². The third-order valence-electron chi connectivity index (χ3n) is 9.91. The predicted molar refractivity (Wildman–Crippen MR) is 223 cm³/mol. The minimum absolute atomic E-state index is 0.0138. The van der Waals surface area contributed by atoms with Crippen LogP contribution in [0.5, 0.6) is 0 Å². The van der Waals surface area contributed by atoms with Crippen LogP contribution < -0.4 is 10.4 Å². The van der Waals surface area contributed by atoms with Gasteiger partial charge in [0.1, 0.15) is 0 Å². The SMILES string of the molecule is Cc1cc(C)c(C(=O)OCC[Si](C)(C)C)c(/C=C/C[C@@H]2OC(C)(C)O[C@@H]2C(C)/C=C\C[C@H](C)O[Si](c2ccccc2)(c2ccccc2)C(C)(C)C)c1. The third kappa shape index (κ3) is 10.8. The molecule has 0 amide bonds. The first-order chi connectivity index (χ1) is 24.3. The van der Waals surface area contributed by atoms with E-state index in [1.807, 2.05) is 32.9 Å². The quantitative estimate of drug-likeness (QED) is 0.0882. The zero-order valence-electron chi connectivity index (χ0n) is 33.9. The van der Waals surface area contributed by atoms with E-state index in [9.17, 15) is 4.79 Å². The number of rotatable bonds is 15. The molecule has 7 heteroatoms.